The van der Waals surface area contributed by atoms with Crippen molar-refractivity contribution in [1.82, 2.24) is 0 Å². The van der Waals surface area contributed by atoms with Crippen LogP contribution < -0.4 is 5.73 Å². The summed E-state index contributed by atoms with van der Waals surface area (Å²) in [4.78, 5) is 9.74. The molecule has 0 bridgehead atoms. The lowest BCUT2D eigenvalue weighted by Gasteiger charge is -2.05. The van der Waals surface area contributed by atoms with Crippen molar-refractivity contribution in [2.45, 2.75) is 25.8 Å². The monoisotopic (exact) mass is 212 g/mol. The van der Waals surface area contributed by atoms with Crippen LogP contribution in [0.5, 0.6) is 0 Å². The normalized spacial score (nSPS) is 12.5. The van der Waals surface area contributed by atoms with Gasteiger partial charge >= 0.3 is 0 Å². The van der Waals surface area contributed by atoms with E-state index in [0.717, 1.165) is 6.07 Å². The molecule has 0 aliphatic carbocycles. The summed E-state index contributed by atoms with van der Waals surface area (Å²) < 4.78 is 13.3. The average molecular weight is 212 g/mol. The number of hydrogen-bond donors (Lipinski definition) is 1. The van der Waals surface area contributed by atoms with E-state index in [1.54, 1.807) is 0 Å². The zero-order valence-corrected chi connectivity index (χ0v) is 8.44. The van der Waals surface area contributed by atoms with Crippen LogP contribution in [0, 0.1) is 15.9 Å². The van der Waals surface area contributed by atoms with Crippen molar-refractivity contribution in [3.8, 4) is 0 Å². The third-order valence-electron chi connectivity index (χ3n) is 2.12. The molecular weight excluding hydrogens is 199 g/mol. The van der Waals surface area contributed by atoms with Gasteiger partial charge in [-0.1, -0.05) is 0 Å². The second-order valence-electron chi connectivity index (χ2n) is 3.55. The predicted molar refractivity (Wildman–Crippen MR) is 55.0 cm³/mol. The van der Waals surface area contributed by atoms with Crippen molar-refractivity contribution >= 4 is 5.69 Å². The van der Waals surface area contributed by atoms with E-state index in [1.807, 2.05) is 6.92 Å². The highest BCUT2D eigenvalue weighted by molar-refractivity contribution is 5.34. The summed E-state index contributed by atoms with van der Waals surface area (Å²) in [5, 5.41) is 10.3. The van der Waals surface area contributed by atoms with E-state index < -0.39 is 10.7 Å². The topological polar surface area (TPSA) is 69.2 Å². The van der Waals surface area contributed by atoms with E-state index >= 15 is 0 Å². The van der Waals surface area contributed by atoms with Crippen molar-refractivity contribution < 1.29 is 9.31 Å². The molecule has 1 aromatic carbocycles. The highest BCUT2D eigenvalue weighted by Crippen LogP contribution is 2.17. The Bertz CT molecular complexity index is 366. The van der Waals surface area contributed by atoms with Crippen LogP contribution in [0.25, 0.3) is 0 Å². The van der Waals surface area contributed by atoms with E-state index in [4.69, 9.17) is 5.73 Å². The Morgan fingerprint density at radius 3 is 2.73 bits per heavy atom. The number of nitrogens with zero attached hydrogens (tertiary/aromatic N) is 1. The van der Waals surface area contributed by atoms with E-state index in [-0.39, 0.29) is 11.7 Å². The lowest BCUT2D eigenvalue weighted by molar-refractivity contribution is -0.385. The predicted octanol–water partition coefficient (Wildman–Crippen LogP) is 2.01. The quantitative estimate of drug-likeness (QED) is 0.613. The minimum atomic E-state index is -0.613. The largest absolute Gasteiger partial charge is 0.328 e. The van der Waals surface area contributed by atoms with Crippen LogP contribution in [-0.4, -0.2) is 11.0 Å². The molecule has 0 aromatic heterocycles. The first kappa shape index (κ1) is 11.6. The summed E-state index contributed by atoms with van der Waals surface area (Å²) in [6, 6.07) is 3.69. The second-order valence-corrected chi connectivity index (χ2v) is 3.55. The number of non-ortho nitro benzene ring substituents is 1. The maximum atomic E-state index is 13.3. The first-order valence-electron chi connectivity index (χ1n) is 4.69. The molecule has 1 aromatic rings. The molecule has 0 saturated heterocycles. The Morgan fingerprint density at radius 1 is 1.60 bits per heavy atom. The lowest BCUT2D eigenvalue weighted by atomic mass is 10.1. The summed E-state index contributed by atoms with van der Waals surface area (Å²) in [6.45, 7) is 1.84. The standard InChI is InChI=1S/C10H13FN2O2/c1-7(12)2-3-8-4-5-9(13(14)15)6-10(8)11/h4-7H,2-3,12H2,1H3/t7-/m1/s1. The molecule has 82 valence electrons. The van der Waals surface area contributed by atoms with Gasteiger partial charge in [0.25, 0.3) is 5.69 Å². The molecule has 0 aliphatic heterocycles. The minimum absolute atomic E-state index is 0.000378. The van der Waals surface area contributed by atoms with E-state index in [2.05, 4.69) is 0 Å². The van der Waals surface area contributed by atoms with Gasteiger partial charge in [-0.3, -0.25) is 10.1 Å². The van der Waals surface area contributed by atoms with E-state index in [9.17, 15) is 14.5 Å². The molecule has 0 amide bonds. The van der Waals surface area contributed by atoms with Crippen molar-refractivity contribution in [2.75, 3.05) is 0 Å². The lowest BCUT2D eigenvalue weighted by Crippen LogP contribution is -2.15. The summed E-state index contributed by atoms with van der Waals surface area (Å²) in [5.41, 5.74) is 5.78. The Kier molecular flexibility index (Phi) is 3.74. The third-order valence-corrected chi connectivity index (χ3v) is 2.12. The van der Waals surface area contributed by atoms with Crippen LogP contribution in [0.4, 0.5) is 10.1 Å². The molecule has 5 heteroatoms. The van der Waals surface area contributed by atoms with Gasteiger partial charge in [0, 0.05) is 12.1 Å². The van der Waals surface area contributed by atoms with Gasteiger partial charge < -0.3 is 5.73 Å². The zero-order chi connectivity index (χ0) is 11.4. The first-order valence-corrected chi connectivity index (χ1v) is 4.69. The second kappa shape index (κ2) is 4.84. The molecule has 0 fully saturated rings. The first-order chi connectivity index (χ1) is 7.00. The molecule has 0 spiro atoms. The number of benzene rings is 1. The minimum Gasteiger partial charge on any atom is -0.328 e. The molecule has 15 heavy (non-hydrogen) atoms. The Hall–Kier alpha value is -1.49. The zero-order valence-electron chi connectivity index (χ0n) is 8.44. The fourth-order valence-corrected chi connectivity index (χ4v) is 1.24. The van der Waals surface area contributed by atoms with Crippen molar-refractivity contribution in [3.05, 3.63) is 39.7 Å². The van der Waals surface area contributed by atoms with Gasteiger partial charge in [-0.2, -0.15) is 0 Å². The fourth-order valence-electron chi connectivity index (χ4n) is 1.24. The average Bonchev–Trinajstić information content (AvgIpc) is 2.15. The molecule has 0 aliphatic rings. The number of nitro benzene ring substituents is 1. The SMILES string of the molecule is C[C@@H](N)CCc1ccc([N+](=O)[O-])cc1F. The summed E-state index contributed by atoms with van der Waals surface area (Å²) >= 11 is 0. The fraction of sp³-hybridized carbons (Fsp3) is 0.400. The smallest absolute Gasteiger partial charge is 0.272 e. The van der Waals surface area contributed by atoms with Crippen LogP contribution in [0.1, 0.15) is 18.9 Å². The molecule has 4 nitrogen and oxygen atoms in total. The molecule has 0 radical (unpaired) electrons. The number of aryl methyl sites for hydroxylation is 1. The molecular formula is C10H13FN2O2. The van der Waals surface area contributed by atoms with Crippen molar-refractivity contribution in [3.63, 3.8) is 0 Å². The van der Waals surface area contributed by atoms with Gasteiger partial charge in [0.05, 0.1) is 11.0 Å². The highest BCUT2D eigenvalue weighted by atomic mass is 19.1. The Labute approximate surface area is 87.0 Å². The Morgan fingerprint density at radius 2 is 2.27 bits per heavy atom. The number of nitrogens with two attached hydrogens (primary N) is 1. The maximum Gasteiger partial charge on any atom is 0.272 e. The van der Waals surface area contributed by atoms with Gasteiger partial charge in [0.2, 0.25) is 0 Å². The maximum absolute atomic E-state index is 13.3. The number of nitro groups is 1. The van der Waals surface area contributed by atoms with Crippen molar-refractivity contribution in [2.24, 2.45) is 5.73 Å². The van der Waals surface area contributed by atoms with Gasteiger partial charge in [0.15, 0.2) is 0 Å². The van der Waals surface area contributed by atoms with Crippen LogP contribution in [0.2, 0.25) is 0 Å². The highest BCUT2D eigenvalue weighted by Gasteiger charge is 2.10. The van der Waals surface area contributed by atoms with E-state index in [0.29, 0.717) is 18.4 Å². The van der Waals surface area contributed by atoms with Gasteiger partial charge in [0.1, 0.15) is 5.82 Å². The number of hydrogen-bond acceptors (Lipinski definition) is 3. The number of rotatable bonds is 4. The molecule has 0 unspecified atom stereocenters. The molecule has 1 rings (SSSR count). The molecule has 0 saturated carbocycles. The summed E-state index contributed by atoms with van der Waals surface area (Å²) in [6.07, 6.45) is 1.16. The van der Waals surface area contributed by atoms with Gasteiger partial charge in [-0.15, -0.1) is 0 Å². The van der Waals surface area contributed by atoms with Gasteiger partial charge in [-0.25, -0.2) is 4.39 Å². The molecule has 0 heterocycles. The van der Waals surface area contributed by atoms with E-state index in [1.165, 1.54) is 12.1 Å². The molecule has 2 N–H and O–H groups in total. The third kappa shape index (κ3) is 3.28. The molecule has 1 atom stereocenters. The summed E-state index contributed by atoms with van der Waals surface area (Å²) in [7, 11) is 0. The van der Waals surface area contributed by atoms with Crippen LogP contribution in [0.15, 0.2) is 18.2 Å². The van der Waals surface area contributed by atoms with Crippen molar-refractivity contribution in [1.29, 1.82) is 0 Å². The van der Waals surface area contributed by atoms with Crippen LogP contribution >= 0.6 is 0 Å². The van der Waals surface area contributed by atoms with Gasteiger partial charge in [-0.05, 0) is 31.4 Å². The van der Waals surface area contributed by atoms with Crippen LogP contribution in [-0.2, 0) is 6.42 Å². The number of halogens is 1. The Balaban J connectivity index is 2.79. The van der Waals surface area contributed by atoms with Crippen LogP contribution in [0.3, 0.4) is 0 Å². The summed E-state index contributed by atoms with van der Waals surface area (Å²) in [5.74, 6) is -0.537.